The zero-order valence-corrected chi connectivity index (χ0v) is 10.2. The lowest BCUT2D eigenvalue weighted by Crippen LogP contribution is -2.47. The second-order valence-corrected chi connectivity index (χ2v) is 3.56. The number of aryl methyl sites for hydroxylation is 1. The van der Waals surface area contributed by atoms with Crippen molar-refractivity contribution in [1.82, 2.24) is 20.5 Å². The summed E-state index contributed by atoms with van der Waals surface area (Å²) >= 11 is 0. The number of amides is 1. The van der Waals surface area contributed by atoms with Crippen molar-refractivity contribution in [3.05, 3.63) is 12.2 Å². The van der Waals surface area contributed by atoms with Crippen LogP contribution in [0, 0.1) is 0 Å². The Morgan fingerprint density at radius 2 is 2.39 bits per heavy atom. The Labute approximate surface area is 104 Å². The van der Waals surface area contributed by atoms with Crippen molar-refractivity contribution in [3.8, 4) is 0 Å². The minimum absolute atomic E-state index is 0.200. The van der Waals surface area contributed by atoms with E-state index in [4.69, 9.17) is 5.73 Å². The summed E-state index contributed by atoms with van der Waals surface area (Å²) in [5.41, 5.74) is 5.41. The Kier molecular flexibility index (Phi) is 5.78. The third kappa shape index (κ3) is 4.50. The van der Waals surface area contributed by atoms with Crippen LogP contribution in [0.2, 0.25) is 0 Å². The van der Waals surface area contributed by atoms with Crippen molar-refractivity contribution in [3.63, 3.8) is 0 Å². The molecular formula is C10H17N5O3. The second-order valence-electron chi connectivity index (χ2n) is 3.56. The summed E-state index contributed by atoms with van der Waals surface area (Å²) in [5.74, 6) is -0.504. The number of nitrogens with one attached hydrogen (secondary N) is 2. The molecule has 1 heterocycles. The van der Waals surface area contributed by atoms with Gasteiger partial charge in [0.15, 0.2) is 6.04 Å². The first kappa shape index (κ1) is 14.1. The van der Waals surface area contributed by atoms with Gasteiger partial charge >= 0.3 is 5.97 Å². The molecule has 0 saturated heterocycles. The van der Waals surface area contributed by atoms with Crippen molar-refractivity contribution in [2.45, 2.75) is 25.8 Å². The maximum absolute atomic E-state index is 11.4. The van der Waals surface area contributed by atoms with Crippen molar-refractivity contribution in [1.29, 1.82) is 0 Å². The summed E-state index contributed by atoms with van der Waals surface area (Å²) in [6.45, 7) is 2.26. The lowest BCUT2D eigenvalue weighted by Gasteiger charge is -2.10. The number of nitrogens with zero attached hydrogens (tertiary/aromatic N) is 2. The Morgan fingerprint density at radius 1 is 1.61 bits per heavy atom. The normalized spacial score (nSPS) is 11.9. The molecule has 1 aromatic heterocycles. The van der Waals surface area contributed by atoms with Gasteiger partial charge in [-0.2, -0.15) is 5.10 Å². The highest BCUT2D eigenvalue weighted by molar-refractivity contribution is 6.01. The maximum Gasteiger partial charge on any atom is 0.332 e. The highest BCUT2D eigenvalue weighted by atomic mass is 16.5. The zero-order valence-electron chi connectivity index (χ0n) is 10.2. The maximum atomic E-state index is 11.4. The molecule has 1 rings (SSSR count). The number of rotatable bonds is 7. The molecule has 8 heteroatoms. The summed E-state index contributed by atoms with van der Waals surface area (Å²) in [6.07, 6.45) is 2.76. The zero-order chi connectivity index (χ0) is 13.4. The van der Waals surface area contributed by atoms with E-state index in [1.807, 2.05) is 0 Å². The van der Waals surface area contributed by atoms with Gasteiger partial charge < -0.3 is 15.8 Å². The smallest absolute Gasteiger partial charge is 0.332 e. The Morgan fingerprint density at radius 3 is 3.00 bits per heavy atom. The molecule has 0 aliphatic rings. The molecule has 1 unspecified atom stereocenters. The first-order chi connectivity index (χ1) is 8.65. The lowest BCUT2D eigenvalue weighted by atomic mass is 10.2. The van der Waals surface area contributed by atoms with Gasteiger partial charge in [-0.3, -0.25) is 9.89 Å². The number of ether oxygens (including phenoxy) is 1. The highest BCUT2D eigenvalue weighted by Crippen LogP contribution is 1.92. The van der Waals surface area contributed by atoms with Crippen LogP contribution in [0.15, 0.2) is 6.33 Å². The number of esters is 1. The van der Waals surface area contributed by atoms with E-state index in [9.17, 15) is 9.59 Å². The number of carbonyl (C=O) groups is 2. The first-order valence-electron chi connectivity index (χ1n) is 5.69. The van der Waals surface area contributed by atoms with Gasteiger partial charge in [0, 0.05) is 13.0 Å². The van der Waals surface area contributed by atoms with E-state index in [-0.39, 0.29) is 6.61 Å². The van der Waals surface area contributed by atoms with Crippen molar-refractivity contribution >= 4 is 11.9 Å². The van der Waals surface area contributed by atoms with E-state index in [1.165, 1.54) is 6.33 Å². The molecular weight excluding hydrogens is 238 g/mol. The van der Waals surface area contributed by atoms with E-state index in [1.54, 1.807) is 6.92 Å². The molecule has 0 saturated carbocycles. The fourth-order valence-corrected chi connectivity index (χ4v) is 1.27. The van der Waals surface area contributed by atoms with Gasteiger partial charge in [0.05, 0.1) is 6.61 Å². The molecule has 1 aromatic rings. The summed E-state index contributed by atoms with van der Waals surface area (Å²) < 4.78 is 4.64. The van der Waals surface area contributed by atoms with Crippen LogP contribution in [0.25, 0.3) is 0 Å². The van der Waals surface area contributed by atoms with E-state index in [2.05, 4.69) is 25.2 Å². The van der Waals surface area contributed by atoms with Gasteiger partial charge in [-0.25, -0.2) is 9.78 Å². The number of nitrogens with two attached hydrogens (primary N) is 1. The molecule has 0 aliphatic carbocycles. The SMILES string of the molecule is CCOC(=O)C(N)C(=O)NCCCc1ncn[nH]1. The molecule has 0 fully saturated rings. The number of hydrogen-bond donors (Lipinski definition) is 3. The number of aromatic amines is 1. The van der Waals surface area contributed by atoms with E-state index >= 15 is 0 Å². The minimum atomic E-state index is -1.27. The standard InChI is InChI=1S/C10H17N5O3/c1-2-18-10(17)8(11)9(16)12-5-3-4-7-13-6-14-15-7/h6,8H,2-5,11H2,1H3,(H,12,16)(H,13,14,15). The Balaban J connectivity index is 2.18. The number of H-pyrrole nitrogens is 1. The quantitative estimate of drug-likeness (QED) is 0.317. The molecule has 18 heavy (non-hydrogen) atoms. The Bertz CT molecular complexity index is 379. The van der Waals surface area contributed by atoms with Crippen LogP contribution >= 0.6 is 0 Å². The van der Waals surface area contributed by atoms with Crippen molar-refractivity contribution in [2.24, 2.45) is 5.73 Å². The topological polar surface area (TPSA) is 123 Å². The third-order valence-corrected chi connectivity index (χ3v) is 2.18. The summed E-state index contributed by atoms with van der Waals surface area (Å²) in [5, 5.41) is 8.97. The summed E-state index contributed by atoms with van der Waals surface area (Å²) in [4.78, 5) is 26.6. The average molecular weight is 255 g/mol. The molecule has 100 valence electrons. The highest BCUT2D eigenvalue weighted by Gasteiger charge is 2.22. The minimum Gasteiger partial charge on any atom is -0.464 e. The molecule has 0 aliphatic heterocycles. The molecule has 0 aromatic carbocycles. The van der Waals surface area contributed by atoms with Gasteiger partial charge in [0.25, 0.3) is 0 Å². The Hall–Kier alpha value is -1.96. The summed E-state index contributed by atoms with van der Waals surface area (Å²) in [6, 6.07) is -1.27. The number of hydrogen-bond acceptors (Lipinski definition) is 6. The summed E-state index contributed by atoms with van der Waals surface area (Å²) in [7, 11) is 0. The molecule has 0 spiro atoms. The molecule has 1 amide bonds. The van der Waals surface area contributed by atoms with Crippen LogP contribution in [0.1, 0.15) is 19.2 Å². The predicted molar refractivity (Wildman–Crippen MR) is 62.3 cm³/mol. The van der Waals surface area contributed by atoms with Gasteiger partial charge in [0.2, 0.25) is 5.91 Å². The second kappa shape index (κ2) is 7.38. The van der Waals surface area contributed by atoms with Crippen LogP contribution in [-0.2, 0) is 20.7 Å². The third-order valence-electron chi connectivity index (χ3n) is 2.18. The van der Waals surface area contributed by atoms with Crippen LogP contribution < -0.4 is 11.1 Å². The lowest BCUT2D eigenvalue weighted by molar-refractivity contribution is -0.147. The van der Waals surface area contributed by atoms with Crippen LogP contribution in [0.5, 0.6) is 0 Å². The number of carbonyl (C=O) groups excluding carboxylic acids is 2. The first-order valence-corrected chi connectivity index (χ1v) is 5.69. The molecule has 1 atom stereocenters. The van der Waals surface area contributed by atoms with Gasteiger partial charge in [-0.1, -0.05) is 0 Å². The van der Waals surface area contributed by atoms with E-state index < -0.39 is 17.9 Å². The largest absolute Gasteiger partial charge is 0.464 e. The van der Waals surface area contributed by atoms with Gasteiger partial charge in [0.1, 0.15) is 12.2 Å². The fourth-order valence-electron chi connectivity index (χ4n) is 1.27. The van der Waals surface area contributed by atoms with E-state index in [0.717, 1.165) is 5.82 Å². The van der Waals surface area contributed by atoms with Crippen molar-refractivity contribution in [2.75, 3.05) is 13.2 Å². The predicted octanol–water partition coefficient (Wildman–Crippen LogP) is -1.26. The molecule has 4 N–H and O–H groups in total. The van der Waals surface area contributed by atoms with Gasteiger partial charge in [-0.05, 0) is 13.3 Å². The average Bonchev–Trinajstić information content (AvgIpc) is 2.86. The van der Waals surface area contributed by atoms with Crippen molar-refractivity contribution < 1.29 is 14.3 Å². The van der Waals surface area contributed by atoms with Gasteiger partial charge in [-0.15, -0.1) is 0 Å². The fraction of sp³-hybridized carbons (Fsp3) is 0.600. The van der Waals surface area contributed by atoms with Crippen LogP contribution in [0.3, 0.4) is 0 Å². The molecule has 8 nitrogen and oxygen atoms in total. The number of aromatic nitrogens is 3. The van der Waals surface area contributed by atoms with E-state index in [0.29, 0.717) is 19.4 Å². The molecule has 0 radical (unpaired) electrons. The monoisotopic (exact) mass is 255 g/mol. The van der Waals surface area contributed by atoms with Crippen LogP contribution in [-0.4, -0.2) is 46.3 Å². The molecule has 0 bridgehead atoms. The van der Waals surface area contributed by atoms with Crippen LogP contribution in [0.4, 0.5) is 0 Å².